The largest absolute Gasteiger partial charge is 0.494 e. The van der Waals surface area contributed by atoms with E-state index >= 15 is 0 Å². The molecule has 0 aliphatic heterocycles. The van der Waals surface area contributed by atoms with Gasteiger partial charge in [-0.25, -0.2) is 9.78 Å². The predicted molar refractivity (Wildman–Crippen MR) is 172 cm³/mol. The molecule has 0 saturated heterocycles. The molecule has 9 nitrogen and oxygen atoms in total. The van der Waals surface area contributed by atoms with Gasteiger partial charge in [-0.05, 0) is 97.1 Å². The van der Waals surface area contributed by atoms with E-state index < -0.39 is 12.1 Å². The molecule has 0 spiro atoms. The quantitative estimate of drug-likeness (QED) is 0.129. The second kappa shape index (κ2) is 13.9. The Bertz CT molecular complexity index is 1730. The van der Waals surface area contributed by atoms with Gasteiger partial charge in [-0.2, -0.15) is 9.78 Å². The SMILES string of the molecule is CCOc1cc(C=Nn2c(-c3cc(C(C)C)c(OCC)cc3C)nc3ccccc3c2=O)c(Br)cc1O[C@@H](C)C(=O)OC. The monoisotopic (exact) mass is 649 g/mol. The van der Waals surface area contributed by atoms with Gasteiger partial charge in [0, 0.05) is 15.6 Å². The summed E-state index contributed by atoms with van der Waals surface area (Å²) in [5.74, 6) is 1.67. The van der Waals surface area contributed by atoms with Gasteiger partial charge in [0.1, 0.15) is 5.75 Å². The molecule has 0 aliphatic carbocycles. The number of carbonyl (C=O) groups is 1. The second-order valence-corrected chi connectivity index (χ2v) is 11.0. The van der Waals surface area contributed by atoms with E-state index in [0.29, 0.717) is 51.5 Å². The van der Waals surface area contributed by atoms with E-state index in [2.05, 4.69) is 34.9 Å². The Hall–Kier alpha value is -4.18. The topological polar surface area (TPSA) is 101 Å². The van der Waals surface area contributed by atoms with Crippen LogP contribution in [0.2, 0.25) is 0 Å². The molecule has 4 rings (SSSR count). The Morgan fingerprint density at radius 3 is 2.40 bits per heavy atom. The number of halogens is 1. The minimum atomic E-state index is -0.839. The normalized spacial score (nSPS) is 12.1. The lowest BCUT2D eigenvalue weighted by molar-refractivity contribution is -0.147. The van der Waals surface area contributed by atoms with Crippen molar-refractivity contribution in [2.75, 3.05) is 20.3 Å². The van der Waals surface area contributed by atoms with Gasteiger partial charge in [-0.1, -0.05) is 26.0 Å². The minimum absolute atomic E-state index is 0.181. The predicted octanol–water partition coefficient (Wildman–Crippen LogP) is 6.88. The number of esters is 1. The van der Waals surface area contributed by atoms with Crippen molar-refractivity contribution in [3.63, 3.8) is 0 Å². The molecule has 0 N–H and O–H groups in total. The molecule has 0 bridgehead atoms. The van der Waals surface area contributed by atoms with E-state index in [-0.39, 0.29) is 11.5 Å². The lowest BCUT2D eigenvalue weighted by Crippen LogP contribution is -2.25. The number of aryl methyl sites for hydroxylation is 1. The van der Waals surface area contributed by atoms with E-state index in [1.807, 2.05) is 45.0 Å². The molecule has 1 atom stereocenters. The second-order valence-electron chi connectivity index (χ2n) is 10.1. The third kappa shape index (κ3) is 6.91. The van der Waals surface area contributed by atoms with Crippen LogP contribution in [-0.2, 0) is 9.53 Å². The summed E-state index contributed by atoms with van der Waals surface area (Å²) < 4.78 is 24.3. The van der Waals surface area contributed by atoms with E-state index in [1.165, 1.54) is 11.8 Å². The van der Waals surface area contributed by atoms with E-state index in [9.17, 15) is 9.59 Å². The van der Waals surface area contributed by atoms with Crippen LogP contribution >= 0.6 is 15.9 Å². The van der Waals surface area contributed by atoms with Crippen molar-refractivity contribution in [1.82, 2.24) is 9.66 Å². The fraction of sp³-hybridized carbons (Fsp3) is 0.333. The smallest absolute Gasteiger partial charge is 0.346 e. The van der Waals surface area contributed by atoms with Crippen molar-refractivity contribution in [3.05, 3.63) is 80.0 Å². The van der Waals surface area contributed by atoms with E-state index in [4.69, 9.17) is 23.9 Å². The number of hydrogen-bond acceptors (Lipinski definition) is 8. The third-order valence-corrected chi connectivity index (χ3v) is 7.47. The van der Waals surface area contributed by atoms with Crippen LogP contribution in [0.5, 0.6) is 17.2 Å². The Morgan fingerprint density at radius 1 is 1.02 bits per heavy atom. The first-order valence-corrected chi connectivity index (χ1v) is 14.9. The maximum Gasteiger partial charge on any atom is 0.346 e. The summed E-state index contributed by atoms with van der Waals surface area (Å²) in [6.45, 7) is 12.5. The number of para-hydroxylation sites is 1. The van der Waals surface area contributed by atoms with Gasteiger partial charge in [-0.3, -0.25) is 4.79 Å². The van der Waals surface area contributed by atoms with Crippen LogP contribution in [0.3, 0.4) is 0 Å². The summed E-state index contributed by atoms with van der Waals surface area (Å²) in [4.78, 5) is 30.7. The third-order valence-electron chi connectivity index (χ3n) is 6.79. The van der Waals surface area contributed by atoms with Crippen molar-refractivity contribution in [3.8, 4) is 28.6 Å². The highest BCUT2D eigenvalue weighted by Gasteiger charge is 2.21. The van der Waals surface area contributed by atoms with Gasteiger partial charge < -0.3 is 18.9 Å². The molecule has 4 aromatic rings. The Balaban J connectivity index is 1.89. The van der Waals surface area contributed by atoms with Crippen LogP contribution in [0, 0.1) is 6.92 Å². The zero-order valence-corrected chi connectivity index (χ0v) is 27.0. The van der Waals surface area contributed by atoms with E-state index in [1.54, 1.807) is 37.4 Å². The van der Waals surface area contributed by atoms with Crippen molar-refractivity contribution in [2.45, 2.75) is 53.6 Å². The van der Waals surface area contributed by atoms with Crippen LogP contribution < -0.4 is 19.8 Å². The van der Waals surface area contributed by atoms with Crippen molar-refractivity contribution in [1.29, 1.82) is 0 Å². The number of rotatable bonds is 11. The summed E-state index contributed by atoms with van der Waals surface area (Å²) in [6, 6.07) is 14.7. The molecule has 1 aromatic heterocycles. The number of carbonyl (C=O) groups excluding carboxylic acids is 1. The highest BCUT2D eigenvalue weighted by Crippen LogP contribution is 2.36. The zero-order chi connectivity index (χ0) is 31.3. The molecule has 226 valence electrons. The lowest BCUT2D eigenvalue weighted by Gasteiger charge is -2.18. The molecular weight excluding hydrogens is 614 g/mol. The van der Waals surface area contributed by atoms with Crippen LogP contribution in [-0.4, -0.2) is 48.3 Å². The summed E-state index contributed by atoms with van der Waals surface area (Å²) >= 11 is 3.57. The zero-order valence-electron chi connectivity index (χ0n) is 25.4. The standard InChI is InChI=1S/C33H36BrN3O6/c1-8-41-28-14-20(5)25(16-24(28)19(3)4)31-36-27-13-11-10-12-23(27)32(38)37(31)35-18-22-15-29(42-9-2)30(17-26(22)34)43-21(6)33(39)40-7/h10-19,21H,8-9H2,1-7H3/t21-/m0/s1. The first kappa shape index (κ1) is 31.7. The molecule has 10 heteroatoms. The van der Waals surface area contributed by atoms with Gasteiger partial charge in [0.05, 0.1) is 37.4 Å². The van der Waals surface area contributed by atoms with Gasteiger partial charge in [-0.15, -0.1) is 0 Å². The number of methoxy groups -OCH3 is 1. The minimum Gasteiger partial charge on any atom is -0.494 e. The summed E-state index contributed by atoms with van der Waals surface area (Å²) in [5, 5.41) is 5.11. The summed E-state index contributed by atoms with van der Waals surface area (Å²) in [7, 11) is 1.30. The van der Waals surface area contributed by atoms with Crippen LogP contribution in [0.1, 0.15) is 57.2 Å². The average molecular weight is 651 g/mol. The van der Waals surface area contributed by atoms with Crippen molar-refractivity contribution >= 4 is 39.0 Å². The molecule has 0 radical (unpaired) electrons. The van der Waals surface area contributed by atoms with Crippen molar-refractivity contribution in [2.24, 2.45) is 5.10 Å². The molecule has 0 aliphatic rings. The molecule has 0 fully saturated rings. The number of nitrogens with zero attached hydrogens (tertiary/aromatic N) is 3. The average Bonchev–Trinajstić information content (AvgIpc) is 2.98. The summed E-state index contributed by atoms with van der Waals surface area (Å²) in [5.41, 5.74) is 3.60. The first-order valence-electron chi connectivity index (χ1n) is 14.1. The Labute approximate surface area is 259 Å². The number of benzene rings is 3. The van der Waals surface area contributed by atoms with Gasteiger partial charge in [0.2, 0.25) is 0 Å². The maximum absolute atomic E-state index is 13.8. The fourth-order valence-corrected chi connectivity index (χ4v) is 5.04. The molecule has 3 aromatic carbocycles. The van der Waals surface area contributed by atoms with Gasteiger partial charge in [0.25, 0.3) is 5.56 Å². The Morgan fingerprint density at radius 2 is 1.72 bits per heavy atom. The van der Waals surface area contributed by atoms with E-state index in [0.717, 1.165) is 22.4 Å². The number of hydrogen-bond donors (Lipinski definition) is 0. The van der Waals surface area contributed by atoms with Crippen LogP contribution in [0.4, 0.5) is 0 Å². The molecular formula is C33H36BrN3O6. The first-order chi connectivity index (χ1) is 20.6. The molecule has 1 heterocycles. The van der Waals surface area contributed by atoms with Gasteiger partial charge in [0.15, 0.2) is 23.4 Å². The highest BCUT2D eigenvalue weighted by molar-refractivity contribution is 9.10. The van der Waals surface area contributed by atoms with Crippen molar-refractivity contribution < 1.29 is 23.7 Å². The number of aromatic nitrogens is 2. The highest BCUT2D eigenvalue weighted by atomic mass is 79.9. The fourth-order valence-electron chi connectivity index (χ4n) is 4.61. The molecule has 0 unspecified atom stereocenters. The van der Waals surface area contributed by atoms with Crippen LogP contribution in [0.15, 0.2) is 62.9 Å². The number of ether oxygens (including phenoxy) is 4. The molecule has 43 heavy (non-hydrogen) atoms. The number of fused-ring (bicyclic) bond motifs is 1. The van der Waals surface area contributed by atoms with Crippen LogP contribution in [0.25, 0.3) is 22.3 Å². The molecule has 0 amide bonds. The lowest BCUT2D eigenvalue weighted by atomic mass is 9.96. The summed E-state index contributed by atoms with van der Waals surface area (Å²) in [6.07, 6.45) is 0.725. The van der Waals surface area contributed by atoms with Gasteiger partial charge >= 0.3 is 5.97 Å². The molecule has 0 saturated carbocycles. The maximum atomic E-state index is 13.8. The Kier molecular flexibility index (Phi) is 10.2.